The Hall–Kier alpha value is -0.890. The van der Waals surface area contributed by atoms with Crippen molar-refractivity contribution in [2.75, 3.05) is 6.54 Å². The van der Waals surface area contributed by atoms with Gasteiger partial charge in [0.1, 0.15) is 0 Å². The number of allylic oxidation sites excluding steroid dienone is 4. The standard InChI is InChI=1S/C14H21ClN2/c1-3-8-13(15)9-7-12-16-17-14(2)10-5-4-6-11-14/h3,7-9H,1,4-6,10-12H2,2H3/b9-7-,13-8+,17-16?. The van der Waals surface area contributed by atoms with Crippen LogP contribution in [0.5, 0.6) is 0 Å². The number of hydrogen-bond acceptors (Lipinski definition) is 2. The van der Waals surface area contributed by atoms with Gasteiger partial charge in [-0.25, -0.2) is 0 Å². The molecule has 0 atom stereocenters. The van der Waals surface area contributed by atoms with E-state index >= 15 is 0 Å². The molecule has 94 valence electrons. The third kappa shape index (κ3) is 5.83. The predicted octanol–water partition coefficient (Wildman–Crippen LogP) is 5.03. The zero-order chi connectivity index (χ0) is 12.6. The molecule has 0 saturated heterocycles. The van der Waals surface area contributed by atoms with Crippen molar-refractivity contribution < 1.29 is 0 Å². The second-order valence-electron chi connectivity index (χ2n) is 4.67. The van der Waals surface area contributed by atoms with Gasteiger partial charge in [-0.1, -0.05) is 49.6 Å². The van der Waals surface area contributed by atoms with Gasteiger partial charge >= 0.3 is 0 Å². The molecule has 0 N–H and O–H groups in total. The Morgan fingerprint density at radius 2 is 2.06 bits per heavy atom. The first-order chi connectivity index (χ1) is 8.16. The van der Waals surface area contributed by atoms with E-state index in [0.717, 1.165) is 12.8 Å². The zero-order valence-corrected chi connectivity index (χ0v) is 11.3. The van der Waals surface area contributed by atoms with Crippen LogP contribution in [0, 0.1) is 0 Å². The molecule has 1 aliphatic carbocycles. The summed E-state index contributed by atoms with van der Waals surface area (Å²) in [6.45, 7) is 6.37. The fourth-order valence-electron chi connectivity index (χ4n) is 2.01. The van der Waals surface area contributed by atoms with E-state index in [1.165, 1.54) is 19.3 Å². The average molecular weight is 253 g/mol. The molecule has 2 nitrogen and oxygen atoms in total. The molecule has 1 fully saturated rings. The maximum atomic E-state index is 5.87. The molecule has 0 bridgehead atoms. The van der Waals surface area contributed by atoms with Crippen LogP contribution in [-0.2, 0) is 0 Å². The fourth-order valence-corrected chi connectivity index (χ4v) is 2.18. The number of halogens is 1. The molecule has 0 spiro atoms. The molecule has 0 radical (unpaired) electrons. The third-order valence-corrected chi connectivity index (χ3v) is 3.24. The average Bonchev–Trinajstić information content (AvgIpc) is 2.30. The largest absolute Gasteiger partial charge is 0.189 e. The normalized spacial score (nSPS) is 21.2. The Kier molecular flexibility index (Phi) is 6.20. The summed E-state index contributed by atoms with van der Waals surface area (Å²) in [5.74, 6) is 0. The summed E-state index contributed by atoms with van der Waals surface area (Å²) in [4.78, 5) is 0. The van der Waals surface area contributed by atoms with Gasteiger partial charge < -0.3 is 0 Å². The molecule has 0 aromatic carbocycles. The maximum absolute atomic E-state index is 5.87. The Labute approximate surface area is 109 Å². The molecule has 0 unspecified atom stereocenters. The lowest BCUT2D eigenvalue weighted by atomic mass is 9.84. The van der Waals surface area contributed by atoms with Crippen molar-refractivity contribution in [1.82, 2.24) is 0 Å². The van der Waals surface area contributed by atoms with Gasteiger partial charge in [-0.3, -0.25) is 0 Å². The predicted molar refractivity (Wildman–Crippen MR) is 74.5 cm³/mol. The van der Waals surface area contributed by atoms with Crippen molar-refractivity contribution in [3.05, 3.63) is 35.9 Å². The van der Waals surface area contributed by atoms with Gasteiger partial charge in [0.05, 0.1) is 12.1 Å². The number of nitrogens with zero attached hydrogens (tertiary/aromatic N) is 2. The molecule has 3 heteroatoms. The Morgan fingerprint density at radius 3 is 2.71 bits per heavy atom. The monoisotopic (exact) mass is 252 g/mol. The van der Waals surface area contributed by atoms with Crippen LogP contribution < -0.4 is 0 Å². The quantitative estimate of drug-likeness (QED) is 0.485. The molecule has 17 heavy (non-hydrogen) atoms. The highest BCUT2D eigenvalue weighted by Gasteiger charge is 2.25. The van der Waals surface area contributed by atoms with Gasteiger partial charge in [0.25, 0.3) is 0 Å². The van der Waals surface area contributed by atoms with Crippen molar-refractivity contribution in [2.24, 2.45) is 10.2 Å². The van der Waals surface area contributed by atoms with Crippen LogP contribution in [0.25, 0.3) is 0 Å². The van der Waals surface area contributed by atoms with Gasteiger partial charge in [-0.05, 0) is 31.9 Å². The fraction of sp³-hybridized carbons (Fsp3) is 0.571. The first-order valence-corrected chi connectivity index (χ1v) is 6.57. The summed E-state index contributed by atoms with van der Waals surface area (Å²) < 4.78 is 0. The molecular weight excluding hydrogens is 232 g/mol. The van der Waals surface area contributed by atoms with Crippen LogP contribution in [0.1, 0.15) is 39.0 Å². The van der Waals surface area contributed by atoms with E-state index < -0.39 is 0 Å². The van der Waals surface area contributed by atoms with E-state index in [-0.39, 0.29) is 5.54 Å². The Balaban J connectivity index is 2.34. The first kappa shape index (κ1) is 14.2. The molecular formula is C14H21ClN2. The van der Waals surface area contributed by atoms with Gasteiger partial charge in [-0.15, -0.1) is 0 Å². The van der Waals surface area contributed by atoms with Gasteiger partial charge in [0, 0.05) is 5.03 Å². The number of hydrogen-bond donors (Lipinski definition) is 0. The van der Waals surface area contributed by atoms with Crippen LogP contribution in [-0.4, -0.2) is 12.1 Å². The summed E-state index contributed by atoms with van der Waals surface area (Å²) in [5, 5.41) is 9.34. The van der Waals surface area contributed by atoms with E-state index in [1.807, 2.05) is 12.2 Å². The molecule has 1 aliphatic rings. The highest BCUT2D eigenvalue weighted by Crippen LogP contribution is 2.31. The summed E-state index contributed by atoms with van der Waals surface area (Å²) in [6, 6.07) is 0. The highest BCUT2D eigenvalue weighted by molar-refractivity contribution is 6.31. The van der Waals surface area contributed by atoms with Crippen LogP contribution in [0.4, 0.5) is 0 Å². The SMILES string of the molecule is C=C/C=C(Cl)\C=C/CN=NC1(C)CCCCC1. The second-order valence-corrected chi connectivity index (χ2v) is 5.11. The summed E-state index contributed by atoms with van der Waals surface area (Å²) in [6.07, 6.45) is 13.4. The molecule has 0 heterocycles. The van der Waals surface area contributed by atoms with Gasteiger partial charge in [-0.2, -0.15) is 10.2 Å². The van der Waals surface area contributed by atoms with Crippen molar-refractivity contribution >= 4 is 11.6 Å². The minimum Gasteiger partial charge on any atom is -0.189 e. The van der Waals surface area contributed by atoms with Crippen molar-refractivity contribution in [3.63, 3.8) is 0 Å². The van der Waals surface area contributed by atoms with E-state index in [1.54, 1.807) is 12.2 Å². The van der Waals surface area contributed by atoms with Crippen molar-refractivity contribution in [3.8, 4) is 0 Å². The van der Waals surface area contributed by atoms with E-state index in [4.69, 9.17) is 11.6 Å². The second kappa shape index (κ2) is 7.44. The van der Waals surface area contributed by atoms with E-state index in [2.05, 4.69) is 23.7 Å². The molecule has 0 amide bonds. The molecule has 0 aromatic heterocycles. The summed E-state index contributed by atoms with van der Waals surface area (Å²) in [5.41, 5.74) is 0.0762. The summed E-state index contributed by atoms with van der Waals surface area (Å²) in [7, 11) is 0. The topological polar surface area (TPSA) is 24.7 Å². The molecule has 0 aliphatic heterocycles. The molecule has 0 aromatic rings. The maximum Gasteiger partial charge on any atom is 0.0788 e. The van der Waals surface area contributed by atoms with Crippen LogP contribution in [0.2, 0.25) is 0 Å². The van der Waals surface area contributed by atoms with Crippen LogP contribution >= 0.6 is 11.6 Å². The summed E-state index contributed by atoms with van der Waals surface area (Å²) >= 11 is 5.87. The minimum atomic E-state index is 0.0762. The number of azo groups is 1. The third-order valence-electron chi connectivity index (χ3n) is 2.98. The molecule has 1 rings (SSSR count). The first-order valence-electron chi connectivity index (χ1n) is 6.20. The minimum absolute atomic E-state index is 0.0762. The van der Waals surface area contributed by atoms with Crippen molar-refractivity contribution in [1.29, 1.82) is 0 Å². The van der Waals surface area contributed by atoms with Gasteiger partial charge in [0.2, 0.25) is 0 Å². The smallest absolute Gasteiger partial charge is 0.0788 e. The van der Waals surface area contributed by atoms with Gasteiger partial charge in [0.15, 0.2) is 0 Å². The highest BCUT2D eigenvalue weighted by atomic mass is 35.5. The zero-order valence-electron chi connectivity index (χ0n) is 10.5. The lowest BCUT2D eigenvalue weighted by Crippen LogP contribution is -2.24. The lowest BCUT2D eigenvalue weighted by Gasteiger charge is -2.27. The Bertz CT molecular complexity index is 323. The van der Waals surface area contributed by atoms with Crippen LogP contribution in [0.15, 0.2) is 46.1 Å². The number of rotatable bonds is 5. The van der Waals surface area contributed by atoms with Crippen molar-refractivity contribution in [2.45, 2.75) is 44.6 Å². The molecule has 1 saturated carbocycles. The van der Waals surface area contributed by atoms with Crippen LogP contribution in [0.3, 0.4) is 0 Å². The van der Waals surface area contributed by atoms with E-state index in [9.17, 15) is 0 Å². The lowest BCUT2D eigenvalue weighted by molar-refractivity contribution is 0.311. The Morgan fingerprint density at radius 1 is 1.35 bits per heavy atom. The van der Waals surface area contributed by atoms with E-state index in [0.29, 0.717) is 11.6 Å².